The highest BCUT2D eigenvalue weighted by atomic mass is 19.3. The molecule has 0 amide bonds. The van der Waals surface area contributed by atoms with Gasteiger partial charge in [-0.25, -0.2) is 17.6 Å². The molecule has 0 saturated carbocycles. The van der Waals surface area contributed by atoms with E-state index in [-0.39, 0.29) is 24.2 Å². The predicted molar refractivity (Wildman–Crippen MR) is 134 cm³/mol. The second-order valence-corrected chi connectivity index (χ2v) is 8.95. The minimum absolute atomic E-state index is 0.0271. The summed E-state index contributed by atoms with van der Waals surface area (Å²) in [5.41, 5.74) is 1.72. The normalized spacial score (nSPS) is 11.4. The summed E-state index contributed by atoms with van der Waals surface area (Å²) in [6, 6.07) is 14.6. The Kier molecular flexibility index (Phi) is 8.81. The van der Waals surface area contributed by atoms with Crippen LogP contribution in [0.2, 0.25) is 0 Å². The molecule has 4 rings (SSSR count). The molecule has 200 valence electrons. The predicted octanol–water partition coefficient (Wildman–Crippen LogP) is 8.36. The van der Waals surface area contributed by atoms with E-state index in [0.717, 1.165) is 24.1 Å². The number of benzene rings is 4. The molecule has 0 aliphatic rings. The van der Waals surface area contributed by atoms with Crippen molar-refractivity contribution in [2.24, 2.45) is 0 Å². The van der Waals surface area contributed by atoms with Gasteiger partial charge in [0.15, 0.2) is 11.6 Å². The summed E-state index contributed by atoms with van der Waals surface area (Å²) in [5.74, 6) is -3.03. The molecule has 0 aromatic heterocycles. The number of halogens is 6. The average Bonchev–Trinajstić information content (AvgIpc) is 2.88. The van der Waals surface area contributed by atoms with Crippen LogP contribution < -0.4 is 9.47 Å². The smallest absolute Gasteiger partial charge is 0.387 e. The van der Waals surface area contributed by atoms with Crippen LogP contribution >= 0.6 is 0 Å². The van der Waals surface area contributed by atoms with Crippen molar-refractivity contribution < 1.29 is 35.8 Å². The molecule has 0 bridgehead atoms. The van der Waals surface area contributed by atoms with E-state index in [1.165, 1.54) is 18.2 Å². The van der Waals surface area contributed by atoms with E-state index < -0.39 is 35.6 Å². The second kappa shape index (κ2) is 12.2. The summed E-state index contributed by atoms with van der Waals surface area (Å²) in [4.78, 5) is 0. The van der Waals surface area contributed by atoms with Crippen LogP contribution in [0.25, 0.3) is 10.8 Å². The van der Waals surface area contributed by atoms with Gasteiger partial charge < -0.3 is 9.47 Å². The molecule has 2 nitrogen and oxygen atoms in total. The van der Waals surface area contributed by atoms with Crippen LogP contribution in [0, 0.1) is 23.3 Å². The first-order valence-corrected chi connectivity index (χ1v) is 12.3. The summed E-state index contributed by atoms with van der Waals surface area (Å²) in [6.45, 7) is -0.849. The number of hydrogen-bond acceptors (Lipinski definition) is 2. The largest absolute Gasteiger partial charge is 0.493 e. The van der Waals surface area contributed by atoms with Gasteiger partial charge in [-0.3, -0.25) is 0 Å². The molecule has 0 atom stereocenters. The van der Waals surface area contributed by atoms with Gasteiger partial charge in [0, 0.05) is 23.1 Å². The molecule has 0 N–H and O–H groups in total. The average molecular weight is 533 g/mol. The number of fused-ring (bicyclic) bond motifs is 1. The van der Waals surface area contributed by atoms with Gasteiger partial charge >= 0.3 is 6.61 Å². The number of ether oxygens (including phenoxy) is 2. The zero-order valence-electron chi connectivity index (χ0n) is 20.7. The molecule has 38 heavy (non-hydrogen) atoms. The number of aryl methyl sites for hydroxylation is 3. The molecule has 0 spiro atoms. The molecule has 0 aliphatic carbocycles. The lowest BCUT2D eigenvalue weighted by atomic mass is 9.97. The minimum atomic E-state index is -3.12. The second-order valence-electron chi connectivity index (χ2n) is 8.95. The van der Waals surface area contributed by atoms with Crippen LogP contribution in [0.5, 0.6) is 11.5 Å². The standard InChI is InChI=1S/C30H26F6O2/c1-2-13-37-22-16-25(31)24(26(32)17-22)11-5-18-4-10-23-21(14-18)9-8-20(29(23)34)7-3-19-6-12-28(27(33)15-19)38-30(35)36/h4,6,8-10,12,14-17,30H,2-3,5,7,11,13H2,1H3. The topological polar surface area (TPSA) is 18.5 Å². The van der Waals surface area contributed by atoms with Crippen molar-refractivity contribution in [2.45, 2.75) is 45.6 Å². The highest BCUT2D eigenvalue weighted by Gasteiger charge is 2.14. The Hall–Kier alpha value is -3.68. The lowest BCUT2D eigenvalue weighted by Gasteiger charge is -2.11. The SMILES string of the molecule is CCCOc1cc(F)c(CCc2ccc3c(F)c(CCc4ccc(OC(F)F)c(F)c4)ccc3c2)c(F)c1. The quantitative estimate of drug-likeness (QED) is 0.181. The van der Waals surface area contributed by atoms with E-state index in [1.807, 2.05) is 6.92 Å². The fourth-order valence-corrected chi connectivity index (χ4v) is 4.30. The van der Waals surface area contributed by atoms with Gasteiger partial charge in [0.25, 0.3) is 0 Å². The first-order valence-electron chi connectivity index (χ1n) is 12.3. The lowest BCUT2D eigenvalue weighted by Crippen LogP contribution is -2.04. The van der Waals surface area contributed by atoms with E-state index in [1.54, 1.807) is 30.3 Å². The zero-order valence-corrected chi connectivity index (χ0v) is 20.7. The Morgan fingerprint density at radius 2 is 1.39 bits per heavy atom. The summed E-state index contributed by atoms with van der Waals surface area (Å²) in [6.07, 6.45) is 1.79. The van der Waals surface area contributed by atoms with Crippen molar-refractivity contribution in [3.8, 4) is 11.5 Å². The number of alkyl halides is 2. The van der Waals surface area contributed by atoms with Gasteiger partial charge in [-0.1, -0.05) is 43.3 Å². The van der Waals surface area contributed by atoms with Gasteiger partial charge in [0.2, 0.25) is 0 Å². The Morgan fingerprint density at radius 3 is 2.08 bits per heavy atom. The highest BCUT2D eigenvalue weighted by molar-refractivity contribution is 5.84. The monoisotopic (exact) mass is 532 g/mol. The molecule has 0 heterocycles. The van der Waals surface area contributed by atoms with E-state index in [2.05, 4.69) is 4.74 Å². The van der Waals surface area contributed by atoms with Crippen molar-refractivity contribution in [3.63, 3.8) is 0 Å². The molecule has 0 aliphatic heterocycles. The molecule has 0 fully saturated rings. The van der Waals surface area contributed by atoms with Crippen molar-refractivity contribution >= 4 is 10.8 Å². The van der Waals surface area contributed by atoms with Gasteiger partial charge in [-0.05, 0) is 66.3 Å². The summed E-state index contributed by atoms with van der Waals surface area (Å²) >= 11 is 0. The number of hydrogen-bond donors (Lipinski definition) is 0. The Morgan fingerprint density at radius 1 is 0.711 bits per heavy atom. The molecule has 8 heteroatoms. The van der Waals surface area contributed by atoms with Crippen LogP contribution in [0.15, 0.2) is 60.7 Å². The fraction of sp³-hybridized carbons (Fsp3) is 0.267. The van der Waals surface area contributed by atoms with Crippen molar-refractivity contribution in [1.29, 1.82) is 0 Å². The maximum atomic E-state index is 15.2. The molecule has 0 unspecified atom stereocenters. The Balaban J connectivity index is 1.43. The Bertz CT molecular complexity index is 1400. The van der Waals surface area contributed by atoms with Crippen LogP contribution in [0.1, 0.15) is 35.6 Å². The Labute approximate surface area is 216 Å². The first kappa shape index (κ1) is 27.4. The van der Waals surface area contributed by atoms with Crippen molar-refractivity contribution in [3.05, 3.63) is 106 Å². The fourth-order valence-electron chi connectivity index (χ4n) is 4.30. The van der Waals surface area contributed by atoms with E-state index >= 15 is 4.39 Å². The van der Waals surface area contributed by atoms with E-state index in [4.69, 9.17) is 4.74 Å². The molecular weight excluding hydrogens is 506 g/mol. The van der Waals surface area contributed by atoms with Crippen molar-refractivity contribution in [1.82, 2.24) is 0 Å². The molecular formula is C30H26F6O2. The zero-order chi connectivity index (χ0) is 27.2. The molecule has 0 saturated heterocycles. The molecule has 0 radical (unpaired) electrons. The summed E-state index contributed by atoms with van der Waals surface area (Å²) in [7, 11) is 0. The van der Waals surface area contributed by atoms with Crippen LogP contribution in [0.3, 0.4) is 0 Å². The van der Waals surface area contributed by atoms with Crippen LogP contribution in [-0.2, 0) is 25.7 Å². The van der Waals surface area contributed by atoms with Crippen molar-refractivity contribution in [2.75, 3.05) is 6.61 Å². The van der Waals surface area contributed by atoms with Gasteiger partial charge in [-0.2, -0.15) is 8.78 Å². The lowest BCUT2D eigenvalue weighted by molar-refractivity contribution is -0.0522. The maximum absolute atomic E-state index is 15.2. The van der Waals surface area contributed by atoms with Gasteiger partial charge in [-0.15, -0.1) is 0 Å². The van der Waals surface area contributed by atoms with Crippen LogP contribution in [-0.4, -0.2) is 13.2 Å². The van der Waals surface area contributed by atoms with Crippen LogP contribution in [0.4, 0.5) is 26.3 Å². The van der Waals surface area contributed by atoms with E-state index in [0.29, 0.717) is 41.3 Å². The number of rotatable bonds is 11. The minimum Gasteiger partial charge on any atom is -0.493 e. The molecule has 4 aromatic carbocycles. The van der Waals surface area contributed by atoms with Gasteiger partial charge in [0.05, 0.1) is 6.61 Å². The van der Waals surface area contributed by atoms with E-state index in [9.17, 15) is 22.0 Å². The molecule has 4 aromatic rings. The summed E-state index contributed by atoms with van der Waals surface area (Å²) in [5, 5.41) is 1.04. The van der Waals surface area contributed by atoms with Gasteiger partial charge in [0.1, 0.15) is 23.2 Å². The first-order chi connectivity index (χ1) is 18.2. The third-order valence-electron chi connectivity index (χ3n) is 6.24. The maximum Gasteiger partial charge on any atom is 0.387 e. The third kappa shape index (κ3) is 6.60. The highest BCUT2D eigenvalue weighted by Crippen LogP contribution is 2.27. The summed E-state index contributed by atoms with van der Waals surface area (Å²) < 4.78 is 92.1. The third-order valence-corrected chi connectivity index (χ3v) is 6.24.